The number of amides is 3. The quantitative estimate of drug-likeness (QED) is 0.479. The first-order valence-electron chi connectivity index (χ1n) is 8.16. The maximum absolute atomic E-state index is 13.2. The van der Waals surface area contributed by atoms with Gasteiger partial charge < -0.3 is 10.1 Å². The van der Waals surface area contributed by atoms with Gasteiger partial charge in [0.05, 0.1) is 5.56 Å². The van der Waals surface area contributed by atoms with Crippen molar-refractivity contribution in [2.45, 2.75) is 25.3 Å². The number of halogens is 2. The van der Waals surface area contributed by atoms with E-state index < -0.39 is 29.2 Å². The van der Waals surface area contributed by atoms with Gasteiger partial charge in [-0.1, -0.05) is 12.1 Å². The second-order valence-corrected chi connectivity index (χ2v) is 6.43. The molecule has 0 unspecified atom stereocenters. The fourth-order valence-electron chi connectivity index (χ4n) is 2.71. The van der Waals surface area contributed by atoms with Gasteiger partial charge in [0.1, 0.15) is 22.9 Å². The number of urea groups is 1. The summed E-state index contributed by atoms with van der Waals surface area (Å²) in [7, 11) is 0. The van der Waals surface area contributed by atoms with Crippen LogP contribution in [-0.2, 0) is 11.2 Å². The summed E-state index contributed by atoms with van der Waals surface area (Å²) in [6.45, 7) is 1.64. The second kappa shape index (κ2) is 7.14. The summed E-state index contributed by atoms with van der Waals surface area (Å²) >= 11 is 0. The molecule has 2 aromatic rings. The molecule has 3 rings (SSSR count). The number of imide groups is 1. The van der Waals surface area contributed by atoms with Crippen molar-refractivity contribution in [3.63, 3.8) is 0 Å². The first-order valence-corrected chi connectivity index (χ1v) is 8.16. The van der Waals surface area contributed by atoms with Gasteiger partial charge in [-0.2, -0.15) is 0 Å². The maximum Gasteiger partial charge on any atom is 0.343 e. The molecule has 0 aliphatic carbocycles. The van der Waals surface area contributed by atoms with Crippen LogP contribution in [0.15, 0.2) is 42.5 Å². The minimum atomic E-state index is -0.969. The van der Waals surface area contributed by atoms with Crippen LogP contribution in [0.2, 0.25) is 0 Å². The van der Waals surface area contributed by atoms with E-state index in [1.807, 2.05) is 0 Å². The number of rotatable bonds is 5. The Bertz CT molecular complexity index is 894. The number of ether oxygens (including phenoxy) is 1. The largest absolute Gasteiger partial charge is 0.423 e. The van der Waals surface area contributed by atoms with Crippen molar-refractivity contribution in [1.82, 2.24) is 10.6 Å². The SMILES string of the molecule is C[C@@]1(CCc2ccc(OC(=O)c3cc(F)cc(F)c3)cc2)NC(=O)NC1=O. The highest BCUT2D eigenvalue weighted by atomic mass is 19.1. The van der Waals surface area contributed by atoms with E-state index in [9.17, 15) is 23.2 Å². The molecule has 3 amide bonds. The van der Waals surface area contributed by atoms with Gasteiger partial charge in [-0.05, 0) is 49.6 Å². The predicted octanol–water partition coefficient (Wildman–Crippen LogP) is 2.71. The molecule has 1 saturated heterocycles. The third-order valence-electron chi connectivity index (χ3n) is 4.26. The first-order chi connectivity index (χ1) is 12.7. The second-order valence-electron chi connectivity index (χ2n) is 6.43. The smallest absolute Gasteiger partial charge is 0.343 e. The van der Waals surface area contributed by atoms with Crippen LogP contribution in [0, 0.1) is 11.6 Å². The van der Waals surface area contributed by atoms with Crippen LogP contribution in [0.4, 0.5) is 13.6 Å². The van der Waals surface area contributed by atoms with E-state index in [0.29, 0.717) is 18.9 Å². The molecule has 2 aromatic carbocycles. The molecule has 1 heterocycles. The average molecular weight is 374 g/mol. The standard InChI is InChI=1S/C19H16F2N2O4/c1-19(17(25)22-18(26)23-19)7-6-11-2-4-15(5-3-11)27-16(24)12-8-13(20)10-14(21)9-12/h2-5,8-10H,6-7H2,1H3,(H2,22,23,25,26)/t19-/m0/s1. The number of hydrogen-bond donors (Lipinski definition) is 2. The molecule has 6 nitrogen and oxygen atoms in total. The van der Waals surface area contributed by atoms with E-state index in [-0.39, 0.29) is 17.2 Å². The van der Waals surface area contributed by atoms with E-state index in [1.165, 1.54) is 0 Å². The Labute approximate surface area is 153 Å². The molecule has 1 aliphatic rings. The van der Waals surface area contributed by atoms with Gasteiger partial charge in [-0.15, -0.1) is 0 Å². The van der Waals surface area contributed by atoms with Crippen molar-refractivity contribution in [1.29, 1.82) is 0 Å². The zero-order valence-electron chi connectivity index (χ0n) is 14.3. The normalized spacial score (nSPS) is 18.8. The van der Waals surface area contributed by atoms with E-state index in [1.54, 1.807) is 31.2 Å². The number of nitrogens with one attached hydrogen (secondary N) is 2. The third kappa shape index (κ3) is 4.28. The van der Waals surface area contributed by atoms with E-state index >= 15 is 0 Å². The molecule has 8 heteroatoms. The van der Waals surface area contributed by atoms with Crippen molar-refractivity contribution in [2.75, 3.05) is 0 Å². The van der Waals surface area contributed by atoms with Gasteiger partial charge >= 0.3 is 12.0 Å². The van der Waals surface area contributed by atoms with Gasteiger partial charge in [0.15, 0.2) is 0 Å². The molecule has 0 radical (unpaired) electrons. The Hall–Kier alpha value is -3.29. The molecule has 1 fully saturated rings. The molecule has 0 bridgehead atoms. The first kappa shape index (κ1) is 18.5. The highest BCUT2D eigenvalue weighted by molar-refractivity contribution is 6.06. The lowest BCUT2D eigenvalue weighted by Crippen LogP contribution is -2.43. The van der Waals surface area contributed by atoms with Crippen molar-refractivity contribution in [3.8, 4) is 5.75 Å². The molecule has 2 N–H and O–H groups in total. The highest BCUT2D eigenvalue weighted by Gasteiger charge is 2.41. The molecular weight excluding hydrogens is 358 g/mol. The number of hydrogen-bond acceptors (Lipinski definition) is 4. The lowest BCUT2D eigenvalue weighted by molar-refractivity contribution is -0.123. The maximum atomic E-state index is 13.2. The topological polar surface area (TPSA) is 84.5 Å². The lowest BCUT2D eigenvalue weighted by atomic mass is 9.93. The third-order valence-corrected chi connectivity index (χ3v) is 4.26. The van der Waals surface area contributed by atoms with Crippen molar-refractivity contribution < 1.29 is 27.9 Å². The minimum absolute atomic E-state index is 0.214. The van der Waals surface area contributed by atoms with Crippen LogP contribution in [-0.4, -0.2) is 23.4 Å². The van der Waals surface area contributed by atoms with Crippen LogP contribution in [0.1, 0.15) is 29.3 Å². The summed E-state index contributed by atoms with van der Waals surface area (Å²) in [6, 6.07) is 8.41. The van der Waals surface area contributed by atoms with Gasteiger partial charge in [0.2, 0.25) is 0 Å². The Morgan fingerprint density at radius 1 is 1.07 bits per heavy atom. The van der Waals surface area contributed by atoms with Gasteiger partial charge in [-0.3, -0.25) is 10.1 Å². The lowest BCUT2D eigenvalue weighted by Gasteiger charge is -2.20. The Morgan fingerprint density at radius 2 is 1.70 bits per heavy atom. The highest BCUT2D eigenvalue weighted by Crippen LogP contribution is 2.20. The molecule has 27 heavy (non-hydrogen) atoms. The van der Waals surface area contributed by atoms with Gasteiger partial charge in [-0.25, -0.2) is 18.4 Å². The molecule has 1 atom stereocenters. The molecular formula is C19H16F2N2O4. The Morgan fingerprint density at radius 3 is 2.26 bits per heavy atom. The van der Waals surface area contributed by atoms with E-state index in [0.717, 1.165) is 17.7 Å². The van der Waals surface area contributed by atoms with Gasteiger partial charge in [0.25, 0.3) is 5.91 Å². The summed E-state index contributed by atoms with van der Waals surface area (Å²) in [5.74, 6) is -2.77. The fourth-order valence-corrected chi connectivity index (χ4v) is 2.71. The average Bonchev–Trinajstić information content (AvgIpc) is 2.85. The molecule has 0 aromatic heterocycles. The van der Waals surface area contributed by atoms with Crippen LogP contribution in [0.5, 0.6) is 5.75 Å². The summed E-state index contributed by atoms with van der Waals surface area (Å²) in [5, 5.41) is 4.78. The van der Waals surface area contributed by atoms with Crippen LogP contribution < -0.4 is 15.4 Å². The fraction of sp³-hybridized carbons (Fsp3) is 0.211. The summed E-state index contributed by atoms with van der Waals surface area (Å²) in [5.41, 5.74) is -0.335. The Kier molecular flexibility index (Phi) is 4.89. The van der Waals surface area contributed by atoms with Gasteiger partial charge in [0, 0.05) is 6.07 Å². The van der Waals surface area contributed by atoms with E-state index in [2.05, 4.69) is 10.6 Å². The summed E-state index contributed by atoms with van der Waals surface area (Å²) < 4.78 is 31.4. The molecule has 140 valence electrons. The zero-order chi connectivity index (χ0) is 19.6. The number of benzene rings is 2. The number of carbonyl (C=O) groups excluding carboxylic acids is 3. The number of carbonyl (C=O) groups is 3. The summed E-state index contributed by atoms with van der Waals surface area (Å²) in [4.78, 5) is 35.0. The van der Waals surface area contributed by atoms with Crippen molar-refractivity contribution in [3.05, 3.63) is 65.2 Å². The number of esters is 1. The Balaban J connectivity index is 1.61. The monoisotopic (exact) mass is 374 g/mol. The molecule has 1 aliphatic heterocycles. The van der Waals surface area contributed by atoms with E-state index in [4.69, 9.17) is 4.74 Å². The molecule has 0 saturated carbocycles. The number of aryl methyl sites for hydroxylation is 1. The zero-order valence-corrected chi connectivity index (χ0v) is 14.3. The van der Waals surface area contributed by atoms with Crippen molar-refractivity contribution in [2.24, 2.45) is 0 Å². The minimum Gasteiger partial charge on any atom is -0.423 e. The van der Waals surface area contributed by atoms with Crippen LogP contribution in [0.25, 0.3) is 0 Å². The molecule has 0 spiro atoms. The van der Waals surface area contributed by atoms with Crippen LogP contribution >= 0.6 is 0 Å². The summed E-state index contributed by atoms with van der Waals surface area (Å²) in [6.07, 6.45) is 0.903. The van der Waals surface area contributed by atoms with Crippen molar-refractivity contribution >= 4 is 17.9 Å². The predicted molar refractivity (Wildman–Crippen MR) is 91.2 cm³/mol. The van der Waals surface area contributed by atoms with Crippen LogP contribution in [0.3, 0.4) is 0 Å².